The molecule has 2 aromatic carbocycles. The van der Waals surface area contributed by atoms with Crippen molar-refractivity contribution in [2.45, 2.75) is 25.7 Å². The Kier molecular flexibility index (Phi) is 3.89. The number of carbonyl (C=O) groups is 1. The van der Waals surface area contributed by atoms with Crippen LogP contribution >= 0.6 is 0 Å². The van der Waals surface area contributed by atoms with Gasteiger partial charge in [0.25, 0.3) is 0 Å². The Morgan fingerprint density at radius 1 is 1.05 bits per heavy atom. The molecule has 0 aliphatic heterocycles. The first-order chi connectivity index (χ1) is 9.39. The quantitative estimate of drug-likeness (QED) is 0.865. The highest BCUT2D eigenvalue weighted by Crippen LogP contribution is 2.26. The van der Waals surface area contributed by atoms with Crippen molar-refractivity contribution < 1.29 is 9.18 Å². The van der Waals surface area contributed by atoms with Crippen molar-refractivity contribution in [1.29, 1.82) is 0 Å². The van der Waals surface area contributed by atoms with Gasteiger partial charge in [-0.1, -0.05) is 24.3 Å². The number of hydrogen-bond acceptors (Lipinski definition) is 2. The second-order valence-corrected chi connectivity index (χ2v) is 5.47. The third-order valence-electron chi connectivity index (χ3n) is 3.61. The van der Waals surface area contributed by atoms with Crippen LogP contribution < -0.4 is 5.73 Å². The van der Waals surface area contributed by atoms with Gasteiger partial charge in [0, 0.05) is 17.5 Å². The van der Waals surface area contributed by atoms with Crippen molar-refractivity contribution in [1.82, 2.24) is 0 Å². The van der Waals surface area contributed by atoms with Crippen LogP contribution in [0.4, 0.5) is 10.1 Å². The Morgan fingerprint density at radius 2 is 1.60 bits per heavy atom. The molecule has 2 rings (SSSR count). The first kappa shape index (κ1) is 14.3. The van der Waals surface area contributed by atoms with Crippen molar-refractivity contribution >= 4 is 11.5 Å². The average Bonchev–Trinajstić information content (AvgIpc) is 2.42. The molecule has 0 radical (unpaired) electrons. The topological polar surface area (TPSA) is 43.1 Å². The number of nitrogens with two attached hydrogens (primary N) is 1. The molecular weight excluding hydrogens is 253 g/mol. The molecule has 2 N–H and O–H groups in total. The predicted octanol–water partition coefficient (Wildman–Crippen LogP) is 3.50. The van der Waals surface area contributed by atoms with Gasteiger partial charge >= 0.3 is 0 Å². The normalized spacial score (nSPS) is 11.3. The van der Waals surface area contributed by atoms with Crippen LogP contribution in [0.2, 0.25) is 0 Å². The molecule has 20 heavy (non-hydrogen) atoms. The van der Waals surface area contributed by atoms with E-state index in [4.69, 9.17) is 5.73 Å². The number of benzene rings is 2. The summed E-state index contributed by atoms with van der Waals surface area (Å²) in [5.74, 6) is -0.201. The second kappa shape index (κ2) is 5.45. The van der Waals surface area contributed by atoms with Gasteiger partial charge in [0.2, 0.25) is 0 Å². The molecule has 0 fully saturated rings. The Balaban J connectivity index is 2.18. The summed E-state index contributed by atoms with van der Waals surface area (Å²) in [7, 11) is 0. The van der Waals surface area contributed by atoms with Gasteiger partial charge in [-0.3, -0.25) is 4.79 Å². The monoisotopic (exact) mass is 271 g/mol. The van der Waals surface area contributed by atoms with E-state index < -0.39 is 5.41 Å². The molecule has 0 saturated carbocycles. The summed E-state index contributed by atoms with van der Waals surface area (Å²) < 4.78 is 12.9. The number of rotatable bonds is 4. The molecule has 0 atom stereocenters. The highest BCUT2D eigenvalue weighted by atomic mass is 19.1. The number of ketones is 1. The predicted molar refractivity (Wildman–Crippen MR) is 79.0 cm³/mol. The van der Waals surface area contributed by atoms with Crippen LogP contribution in [-0.2, 0) is 16.6 Å². The Labute approximate surface area is 118 Å². The number of halogens is 1. The molecule has 0 aromatic heterocycles. The fourth-order valence-electron chi connectivity index (χ4n) is 2.07. The molecule has 2 aromatic rings. The standard InChI is InChI=1S/C17H18FNO/c1-17(2,13-5-9-15(19)10-6-13)16(20)11-12-3-7-14(18)8-4-12/h3-10H,11,19H2,1-2H3. The maximum atomic E-state index is 12.9. The Morgan fingerprint density at radius 3 is 2.15 bits per heavy atom. The molecule has 0 aliphatic rings. The van der Waals surface area contributed by atoms with Gasteiger partial charge in [-0.25, -0.2) is 4.39 Å². The molecule has 0 saturated heterocycles. The van der Waals surface area contributed by atoms with Crippen LogP contribution in [-0.4, -0.2) is 5.78 Å². The molecule has 0 bridgehead atoms. The van der Waals surface area contributed by atoms with Crippen molar-refractivity contribution in [2.24, 2.45) is 0 Å². The van der Waals surface area contributed by atoms with E-state index in [1.165, 1.54) is 12.1 Å². The lowest BCUT2D eigenvalue weighted by Crippen LogP contribution is -2.30. The second-order valence-electron chi connectivity index (χ2n) is 5.47. The van der Waals surface area contributed by atoms with Gasteiger partial charge in [0.15, 0.2) is 0 Å². The van der Waals surface area contributed by atoms with Gasteiger partial charge in [-0.15, -0.1) is 0 Å². The summed E-state index contributed by atoms with van der Waals surface area (Å²) in [6.45, 7) is 3.79. The average molecular weight is 271 g/mol. The summed E-state index contributed by atoms with van der Waals surface area (Å²) in [4.78, 5) is 12.5. The minimum atomic E-state index is -0.595. The summed E-state index contributed by atoms with van der Waals surface area (Å²) in [6.07, 6.45) is 0.289. The molecule has 0 amide bonds. The molecular formula is C17H18FNO. The van der Waals surface area contributed by atoms with E-state index in [-0.39, 0.29) is 18.0 Å². The zero-order valence-corrected chi connectivity index (χ0v) is 11.7. The Bertz CT molecular complexity index is 600. The van der Waals surface area contributed by atoms with E-state index in [2.05, 4.69) is 0 Å². The number of Topliss-reactive ketones (excluding diaryl/α,β-unsaturated/α-hetero) is 1. The largest absolute Gasteiger partial charge is 0.399 e. The van der Waals surface area contributed by atoms with Gasteiger partial charge in [0.05, 0.1) is 0 Å². The summed E-state index contributed by atoms with van der Waals surface area (Å²) in [5.41, 5.74) is 7.49. The number of anilines is 1. The van der Waals surface area contributed by atoms with Crippen LogP contribution in [0, 0.1) is 5.82 Å². The molecule has 0 spiro atoms. The van der Waals surface area contributed by atoms with E-state index in [9.17, 15) is 9.18 Å². The lowest BCUT2D eigenvalue weighted by Gasteiger charge is -2.24. The molecule has 2 nitrogen and oxygen atoms in total. The number of nitrogen functional groups attached to an aromatic ring is 1. The van der Waals surface area contributed by atoms with Gasteiger partial charge in [0.1, 0.15) is 11.6 Å². The fourth-order valence-corrected chi connectivity index (χ4v) is 2.07. The fraction of sp³-hybridized carbons (Fsp3) is 0.235. The molecule has 0 aliphatic carbocycles. The van der Waals surface area contributed by atoms with E-state index in [0.29, 0.717) is 5.69 Å². The maximum Gasteiger partial charge on any atom is 0.147 e. The highest BCUT2D eigenvalue weighted by Gasteiger charge is 2.29. The zero-order chi connectivity index (χ0) is 14.8. The lowest BCUT2D eigenvalue weighted by molar-refractivity contribution is -0.122. The summed E-state index contributed by atoms with van der Waals surface area (Å²) >= 11 is 0. The van der Waals surface area contributed by atoms with Crippen LogP contribution in [0.25, 0.3) is 0 Å². The van der Waals surface area contributed by atoms with Crippen LogP contribution in [0.3, 0.4) is 0 Å². The molecule has 0 unspecified atom stereocenters. The molecule has 104 valence electrons. The number of hydrogen-bond donors (Lipinski definition) is 1. The van der Waals surface area contributed by atoms with Crippen molar-refractivity contribution in [3.63, 3.8) is 0 Å². The van der Waals surface area contributed by atoms with Crippen molar-refractivity contribution in [3.05, 3.63) is 65.5 Å². The summed E-state index contributed by atoms with van der Waals surface area (Å²) in [5, 5.41) is 0. The van der Waals surface area contributed by atoms with Crippen LogP contribution in [0.15, 0.2) is 48.5 Å². The molecule has 0 heterocycles. The maximum absolute atomic E-state index is 12.9. The minimum Gasteiger partial charge on any atom is -0.399 e. The van der Waals surface area contributed by atoms with E-state index in [0.717, 1.165) is 11.1 Å². The molecule has 3 heteroatoms. The smallest absolute Gasteiger partial charge is 0.147 e. The first-order valence-electron chi connectivity index (χ1n) is 6.53. The number of carbonyl (C=O) groups excluding carboxylic acids is 1. The van der Waals surface area contributed by atoms with Gasteiger partial charge in [-0.05, 0) is 49.2 Å². The SMILES string of the molecule is CC(C)(C(=O)Cc1ccc(F)cc1)c1ccc(N)cc1. The van der Waals surface area contributed by atoms with Crippen LogP contribution in [0.5, 0.6) is 0 Å². The van der Waals surface area contributed by atoms with Crippen molar-refractivity contribution in [2.75, 3.05) is 5.73 Å². The third kappa shape index (κ3) is 3.05. The van der Waals surface area contributed by atoms with Gasteiger partial charge < -0.3 is 5.73 Å². The van der Waals surface area contributed by atoms with E-state index in [1.807, 2.05) is 26.0 Å². The summed E-state index contributed by atoms with van der Waals surface area (Å²) in [6, 6.07) is 13.4. The zero-order valence-electron chi connectivity index (χ0n) is 11.7. The third-order valence-corrected chi connectivity index (χ3v) is 3.61. The van der Waals surface area contributed by atoms with E-state index in [1.54, 1.807) is 24.3 Å². The first-order valence-corrected chi connectivity index (χ1v) is 6.53. The lowest BCUT2D eigenvalue weighted by atomic mass is 9.78. The van der Waals surface area contributed by atoms with Crippen molar-refractivity contribution in [3.8, 4) is 0 Å². The highest BCUT2D eigenvalue weighted by molar-refractivity contribution is 5.91. The van der Waals surface area contributed by atoms with Crippen LogP contribution in [0.1, 0.15) is 25.0 Å². The Hall–Kier alpha value is -2.16. The van der Waals surface area contributed by atoms with E-state index >= 15 is 0 Å². The van der Waals surface area contributed by atoms with Gasteiger partial charge in [-0.2, -0.15) is 0 Å². The minimum absolute atomic E-state index is 0.0916.